The molecule has 1 aliphatic carbocycles. The molecule has 28 heavy (non-hydrogen) atoms. The van der Waals surface area contributed by atoms with Crippen LogP contribution in [0.25, 0.3) is 5.00 Å². The summed E-state index contributed by atoms with van der Waals surface area (Å²) in [5, 5.41) is 17.0. The second kappa shape index (κ2) is 8.04. The van der Waals surface area contributed by atoms with Crippen molar-refractivity contribution in [1.29, 1.82) is 0 Å². The van der Waals surface area contributed by atoms with Crippen LogP contribution in [0.2, 0.25) is 0 Å². The number of nitrogens with one attached hydrogen (secondary N) is 1. The Morgan fingerprint density at radius 3 is 2.71 bits per heavy atom. The van der Waals surface area contributed by atoms with Crippen LogP contribution in [-0.2, 0) is 7.05 Å². The van der Waals surface area contributed by atoms with E-state index < -0.39 is 0 Å². The Labute approximate surface area is 171 Å². The van der Waals surface area contributed by atoms with E-state index in [1.165, 1.54) is 17.7 Å². The fraction of sp³-hybridized carbons (Fsp3) is 0.500. The number of aryl methyl sites for hydroxylation is 2. The quantitative estimate of drug-likeness (QED) is 0.686. The standard InChI is InChI=1S/C18H23N7OS2/c1-11-12(2)27-17(25-10-20-22-23-25)15(11)16(26)21-13-4-6-14(7-5-13)28-18-19-8-9-24(18)3/h8-10,13-14H,4-7H2,1-3H3,(H,21,26). The molecule has 1 N–H and O–H groups in total. The van der Waals surface area contributed by atoms with Crippen LogP contribution in [0.5, 0.6) is 0 Å². The molecule has 0 bridgehead atoms. The van der Waals surface area contributed by atoms with E-state index in [0.717, 1.165) is 46.3 Å². The molecule has 0 aliphatic heterocycles. The molecular weight excluding hydrogens is 394 g/mol. The molecule has 10 heteroatoms. The van der Waals surface area contributed by atoms with Gasteiger partial charge in [-0.1, -0.05) is 11.8 Å². The minimum absolute atomic E-state index is 0.0347. The molecule has 1 fully saturated rings. The third-order valence-corrected chi connectivity index (χ3v) is 7.82. The molecule has 1 amide bonds. The van der Waals surface area contributed by atoms with Gasteiger partial charge in [0.15, 0.2) is 5.16 Å². The number of tetrazole rings is 1. The highest BCUT2D eigenvalue weighted by atomic mass is 32.2. The van der Waals surface area contributed by atoms with Crippen molar-refractivity contribution in [3.05, 3.63) is 34.7 Å². The summed E-state index contributed by atoms with van der Waals surface area (Å²) in [6.07, 6.45) is 9.45. The molecule has 3 aromatic heterocycles. The third kappa shape index (κ3) is 3.83. The van der Waals surface area contributed by atoms with E-state index in [9.17, 15) is 4.79 Å². The lowest BCUT2D eigenvalue weighted by atomic mass is 9.94. The van der Waals surface area contributed by atoms with Crippen molar-refractivity contribution in [2.45, 2.75) is 56.0 Å². The van der Waals surface area contributed by atoms with E-state index in [-0.39, 0.29) is 11.9 Å². The number of aromatic nitrogens is 6. The minimum atomic E-state index is -0.0347. The Morgan fingerprint density at radius 1 is 1.29 bits per heavy atom. The maximum atomic E-state index is 13.0. The molecule has 0 unspecified atom stereocenters. The van der Waals surface area contributed by atoms with Gasteiger partial charge in [-0.25, -0.2) is 4.98 Å². The van der Waals surface area contributed by atoms with Crippen molar-refractivity contribution < 1.29 is 4.79 Å². The largest absolute Gasteiger partial charge is 0.349 e. The summed E-state index contributed by atoms with van der Waals surface area (Å²) >= 11 is 3.38. The average molecular weight is 418 g/mol. The molecule has 0 saturated heterocycles. The summed E-state index contributed by atoms with van der Waals surface area (Å²) in [5.74, 6) is -0.0347. The summed E-state index contributed by atoms with van der Waals surface area (Å²) in [5.41, 5.74) is 1.67. The van der Waals surface area contributed by atoms with Crippen LogP contribution >= 0.6 is 23.1 Å². The highest BCUT2D eigenvalue weighted by Crippen LogP contribution is 2.34. The fourth-order valence-corrected chi connectivity index (χ4v) is 5.71. The topological polar surface area (TPSA) is 90.5 Å². The van der Waals surface area contributed by atoms with Crippen molar-refractivity contribution >= 4 is 29.0 Å². The Morgan fingerprint density at radius 2 is 2.07 bits per heavy atom. The van der Waals surface area contributed by atoms with Gasteiger partial charge in [0.1, 0.15) is 11.3 Å². The van der Waals surface area contributed by atoms with Crippen molar-refractivity contribution in [2.75, 3.05) is 0 Å². The number of thiophene rings is 1. The Bertz CT molecular complexity index is 955. The highest BCUT2D eigenvalue weighted by Gasteiger charge is 2.27. The van der Waals surface area contributed by atoms with Crippen LogP contribution in [0.15, 0.2) is 23.9 Å². The molecule has 3 aromatic rings. The van der Waals surface area contributed by atoms with Gasteiger partial charge in [-0.05, 0) is 55.5 Å². The molecule has 1 aliphatic rings. The Hall–Kier alpha value is -2.20. The van der Waals surface area contributed by atoms with Gasteiger partial charge in [-0.3, -0.25) is 4.79 Å². The first kappa shape index (κ1) is 19.1. The normalized spacial score (nSPS) is 19.7. The number of rotatable bonds is 5. The summed E-state index contributed by atoms with van der Waals surface area (Å²) in [6.45, 7) is 4.00. The maximum Gasteiger partial charge on any atom is 0.254 e. The number of carbonyl (C=O) groups is 1. The lowest BCUT2D eigenvalue weighted by Gasteiger charge is -2.28. The highest BCUT2D eigenvalue weighted by molar-refractivity contribution is 7.99. The molecular formula is C18H23N7OS2. The third-order valence-electron chi connectivity index (χ3n) is 5.21. The van der Waals surface area contributed by atoms with Crippen molar-refractivity contribution in [3.63, 3.8) is 0 Å². The number of nitrogens with zero attached hydrogens (tertiary/aromatic N) is 6. The van der Waals surface area contributed by atoms with E-state index in [0.29, 0.717) is 10.8 Å². The summed E-state index contributed by atoms with van der Waals surface area (Å²) in [6, 6.07) is 0.201. The van der Waals surface area contributed by atoms with Crippen LogP contribution in [0.3, 0.4) is 0 Å². The summed E-state index contributed by atoms with van der Waals surface area (Å²) in [7, 11) is 2.02. The monoisotopic (exact) mass is 417 g/mol. The van der Waals surface area contributed by atoms with Gasteiger partial charge in [-0.15, -0.1) is 16.4 Å². The number of hydrogen-bond acceptors (Lipinski definition) is 7. The summed E-state index contributed by atoms with van der Waals surface area (Å²) < 4.78 is 3.63. The zero-order valence-electron chi connectivity index (χ0n) is 16.1. The van der Waals surface area contributed by atoms with Crippen LogP contribution in [0.4, 0.5) is 0 Å². The second-order valence-electron chi connectivity index (χ2n) is 7.10. The SMILES string of the molecule is Cc1sc(-n2cnnn2)c(C(=O)NC2CCC(Sc3nccn3C)CC2)c1C. The number of imidazole rings is 1. The summed E-state index contributed by atoms with van der Waals surface area (Å²) in [4.78, 5) is 18.5. The Kier molecular flexibility index (Phi) is 5.49. The molecule has 0 spiro atoms. The average Bonchev–Trinajstić information content (AvgIpc) is 3.40. The molecule has 148 valence electrons. The van der Waals surface area contributed by atoms with E-state index in [2.05, 4.69) is 30.4 Å². The molecule has 1 saturated carbocycles. The minimum Gasteiger partial charge on any atom is -0.349 e. The van der Waals surface area contributed by atoms with Gasteiger partial charge < -0.3 is 9.88 Å². The van der Waals surface area contributed by atoms with Crippen LogP contribution in [0.1, 0.15) is 46.5 Å². The van der Waals surface area contributed by atoms with Crippen LogP contribution < -0.4 is 5.32 Å². The first-order valence-corrected chi connectivity index (χ1v) is 11.0. The van der Waals surface area contributed by atoms with E-state index in [4.69, 9.17) is 0 Å². The molecule has 8 nitrogen and oxygen atoms in total. The number of thioether (sulfide) groups is 1. The van der Waals surface area contributed by atoms with Gasteiger partial charge in [-0.2, -0.15) is 4.68 Å². The van der Waals surface area contributed by atoms with Gasteiger partial charge in [0, 0.05) is 35.6 Å². The van der Waals surface area contributed by atoms with Gasteiger partial charge in [0.2, 0.25) is 0 Å². The van der Waals surface area contributed by atoms with Crippen molar-refractivity contribution in [2.24, 2.45) is 7.05 Å². The molecule has 0 atom stereocenters. The predicted molar refractivity (Wildman–Crippen MR) is 109 cm³/mol. The zero-order valence-corrected chi connectivity index (χ0v) is 17.8. The van der Waals surface area contributed by atoms with Gasteiger partial charge >= 0.3 is 0 Å². The molecule has 4 rings (SSSR count). The lowest BCUT2D eigenvalue weighted by Crippen LogP contribution is -2.38. The maximum absolute atomic E-state index is 13.0. The van der Waals surface area contributed by atoms with Crippen molar-refractivity contribution in [3.8, 4) is 5.00 Å². The fourth-order valence-electron chi connectivity index (χ4n) is 3.49. The lowest BCUT2D eigenvalue weighted by molar-refractivity contribution is 0.0928. The second-order valence-corrected chi connectivity index (χ2v) is 9.57. The van der Waals surface area contributed by atoms with Crippen LogP contribution in [0, 0.1) is 13.8 Å². The van der Waals surface area contributed by atoms with Gasteiger partial charge in [0.25, 0.3) is 5.91 Å². The number of amides is 1. The Balaban J connectivity index is 1.40. The van der Waals surface area contributed by atoms with Crippen molar-refractivity contribution in [1.82, 2.24) is 35.1 Å². The van der Waals surface area contributed by atoms with E-state index >= 15 is 0 Å². The predicted octanol–water partition coefficient (Wildman–Crippen LogP) is 2.91. The first-order valence-electron chi connectivity index (χ1n) is 9.31. The van der Waals surface area contributed by atoms with Crippen LogP contribution in [-0.4, -0.2) is 47.0 Å². The zero-order chi connectivity index (χ0) is 19.7. The first-order chi connectivity index (χ1) is 13.5. The molecule has 3 heterocycles. The smallest absolute Gasteiger partial charge is 0.254 e. The van der Waals surface area contributed by atoms with E-state index in [1.54, 1.807) is 4.68 Å². The number of carbonyl (C=O) groups excluding carboxylic acids is 1. The van der Waals surface area contributed by atoms with E-state index in [1.807, 2.05) is 45.1 Å². The number of hydrogen-bond donors (Lipinski definition) is 1. The van der Waals surface area contributed by atoms with Gasteiger partial charge in [0.05, 0.1) is 5.56 Å². The molecule has 0 aromatic carbocycles. The molecule has 0 radical (unpaired) electrons.